The molecule has 3 nitrogen and oxygen atoms in total. The highest BCUT2D eigenvalue weighted by Crippen LogP contribution is 2.19. The molecule has 0 aliphatic carbocycles. The van der Waals surface area contributed by atoms with Gasteiger partial charge in [-0.05, 0) is 24.6 Å². The quantitative estimate of drug-likeness (QED) is 0.870. The molecule has 3 heteroatoms. The molecule has 2 rings (SSSR count). The molecule has 0 aliphatic rings. The fourth-order valence-electron chi connectivity index (χ4n) is 1.73. The lowest BCUT2D eigenvalue weighted by atomic mass is 10.1. The van der Waals surface area contributed by atoms with E-state index < -0.39 is 6.04 Å². The summed E-state index contributed by atoms with van der Waals surface area (Å²) < 4.78 is 5.24. The van der Waals surface area contributed by atoms with Gasteiger partial charge in [0.05, 0.1) is 12.3 Å². The van der Waals surface area contributed by atoms with Crippen LogP contribution in [0.2, 0.25) is 0 Å². The van der Waals surface area contributed by atoms with Crippen LogP contribution in [0.5, 0.6) is 0 Å². The van der Waals surface area contributed by atoms with E-state index in [1.54, 1.807) is 18.4 Å². The Morgan fingerprint density at radius 1 is 1.18 bits per heavy atom. The van der Waals surface area contributed by atoms with E-state index in [1.807, 2.05) is 37.3 Å². The molecule has 1 heterocycles. The van der Waals surface area contributed by atoms with Gasteiger partial charge in [0.1, 0.15) is 5.76 Å². The first-order valence-corrected chi connectivity index (χ1v) is 5.55. The Hall–Kier alpha value is -2.05. The molecule has 17 heavy (non-hydrogen) atoms. The molecule has 0 saturated carbocycles. The second-order valence-corrected chi connectivity index (χ2v) is 3.88. The van der Waals surface area contributed by atoms with Gasteiger partial charge in [0.15, 0.2) is 6.04 Å². The van der Waals surface area contributed by atoms with Crippen molar-refractivity contribution in [1.29, 1.82) is 5.26 Å². The van der Waals surface area contributed by atoms with Crippen LogP contribution in [0, 0.1) is 11.3 Å². The normalized spacial score (nSPS) is 13.9. The van der Waals surface area contributed by atoms with Crippen LogP contribution < -0.4 is 5.32 Å². The summed E-state index contributed by atoms with van der Waals surface area (Å²) in [5.41, 5.74) is 1.15. The van der Waals surface area contributed by atoms with Gasteiger partial charge in [-0.1, -0.05) is 30.3 Å². The van der Waals surface area contributed by atoms with E-state index in [9.17, 15) is 0 Å². The van der Waals surface area contributed by atoms with Crippen LogP contribution in [0.3, 0.4) is 0 Å². The predicted octanol–water partition coefficient (Wildman–Crippen LogP) is 3.20. The molecule has 2 unspecified atom stereocenters. The predicted molar refractivity (Wildman–Crippen MR) is 65.1 cm³/mol. The molecular weight excluding hydrogens is 212 g/mol. The lowest BCUT2D eigenvalue weighted by Crippen LogP contribution is -2.23. The third kappa shape index (κ3) is 2.74. The van der Waals surface area contributed by atoms with Crippen LogP contribution in [0.4, 0.5) is 0 Å². The molecule has 2 atom stereocenters. The zero-order chi connectivity index (χ0) is 12.1. The van der Waals surface area contributed by atoms with Crippen molar-refractivity contribution in [3.8, 4) is 6.07 Å². The standard InChI is InChI=1S/C14H14N2O/c1-11(12-6-3-2-4-7-12)16-13(10-15)14-8-5-9-17-14/h2-9,11,13,16H,1H3. The minimum absolute atomic E-state index is 0.103. The van der Waals surface area contributed by atoms with Crippen molar-refractivity contribution in [2.45, 2.75) is 19.0 Å². The maximum atomic E-state index is 9.12. The van der Waals surface area contributed by atoms with Crippen molar-refractivity contribution in [1.82, 2.24) is 5.32 Å². The Labute approximate surface area is 101 Å². The van der Waals surface area contributed by atoms with Crippen molar-refractivity contribution in [2.75, 3.05) is 0 Å². The van der Waals surface area contributed by atoms with E-state index in [4.69, 9.17) is 9.68 Å². The fraction of sp³-hybridized carbons (Fsp3) is 0.214. The third-order valence-electron chi connectivity index (χ3n) is 2.67. The maximum Gasteiger partial charge on any atom is 0.154 e. The molecule has 0 bridgehead atoms. The number of nitrogens with zero attached hydrogens (tertiary/aromatic N) is 1. The number of benzene rings is 1. The summed E-state index contributed by atoms with van der Waals surface area (Å²) in [6, 6.07) is 15.5. The average molecular weight is 226 g/mol. The summed E-state index contributed by atoms with van der Waals surface area (Å²) in [5, 5.41) is 12.4. The zero-order valence-corrected chi connectivity index (χ0v) is 9.63. The van der Waals surface area contributed by atoms with E-state index in [1.165, 1.54) is 0 Å². The molecule has 0 amide bonds. The topological polar surface area (TPSA) is 49.0 Å². The molecule has 0 spiro atoms. The molecule has 0 radical (unpaired) electrons. The third-order valence-corrected chi connectivity index (χ3v) is 2.67. The number of furan rings is 1. The van der Waals surface area contributed by atoms with Crippen molar-refractivity contribution in [2.24, 2.45) is 0 Å². The summed E-state index contributed by atoms with van der Waals surface area (Å²) in [4.78, 5) is 0. The minimum atomic E-state index is -0.416. The Bertz CT molecular complexity index is 485. The van der Waals surface area contributed by atoms with Gasteiger partial charge >= 0.3 is 0 Å². The van der Waals surface area contributed by atoms with Crippen molar-refractivity contribution in [3.63, 3.8) is 0 Å². The van der Waals surface area contributed by atoms with E-state index in [0.717, 1.165) is 5.56 Å². The van der Waals surface area contributed by atoms with Crippen LogP contribution in [0.1, 0.15) is 30.3 Å². The van der Waals surface area contributed by atoms with Crippen LogP contribution in [0.25, 0.3) is 0 Å². The van der Waals surface area contributed by atoms with Crippen molar-refractivity contribution >= 4 is 0 Å². The number of hydrogen-bond donors (Lipinski definition) is 1. The number of nitriles is 1. The SMILES string of the molecule is CC(NC(C#N)c1ccco1)c1ccccc1. The number of hydrogen-bond acceptors (Lipinski definition) is 3. The molecule has 2 aromatic rings. The van der Waals surface area contributed by atoms with Gasteiger partial charge < -0.3 is 4.42 Å². The lowest BCUT2D eigenvalue weighted by molar-refractivity contribution is 0.431. The Kier molecular flexibility index (Phi) is 3.59. The summed E-state index contributed by atoms with van der Waals surface area (Å²) in [7, 11) is 0. The first-order chi connectivity index (χ1) is 8.31. The van der Waals surface area contributed by atoms with Crippen molar-refractivity contribution in [3.05, 3.63) is 60.1 Å². The Morgan fingerprint density at radius 2 is 1.94 bits per heavy atom. The molecule has 0 saturated heterocycles. The van der Waals surface area contributed by atoms with E-state index in [0.29, 0.717) is 5.76 Å². The highest BCUT2D eigenvalue weighted by atomic mass is 16.3. The minimum Gasteiger partial charge on any atom is -0.467 e. The zero-order valence-electron chi connectivity index (χ0n) is 9.63. The lowest BCUT2D eigenvalue weighted by Gasteiger charge is -2.17. The second-order valence-electron chi connectivity index (χ2n) is 3.88. The van der Waals surface area contributed by atoms with Crippen LogP contribution >= 0.6 is 0 Å². The number of rotatable bonds is 4. The van der Waals surface area contributed by atoms with E-state index >= 15 is 0 Å². The smallest absolute Gasteiger partial charge is 0.154 e. The van der Waals surface area contributed by atoms with Gasteiger partial charge in [0.2, 0.25) is 0 Å². The van der Waals surface area contributed by atoms with Crippen LogP contribution in [-0.2, 0) is 0 Å². The maximum absolute atomic E-state index is 9.12. The summed E-state index contributed by atoms with van der Waals surface area (Å²) in [6.45, 7) is 2.03. The second kappa shape index (κ2) is 5.33. The van der Waals surface area contributed by atoms with Crippen LogP contribution in [0.15, 0.2) is 53.1 Å². The summed E-state index contributed by atoms with van der Waals surface area (Å²) in [6.07, 6.45) is 1.58. The molecule has 1 aromatic carbocycles. The molecule has 1 N–H and O–H groups in total. The van der Waals surface area contributed by atoms with E-state index in [2.05, 4.69) is 11.4 Å². The molecule has 0 fully saturated rings. The van der Waals surface area contributed by atoms with Gasteiger partial charge in [0, 0.05) is 6.04 Å². The van der Waals surface area contributed by atoms with Gasteiger partial charge in [-0.15, -0.1) is 0 Å². The Morgan fingerprint density at radius 3 is 2.53 bits per heavy atom. The first kappa shape index (κ1) is 11.4. The monoisotopic (exact) mass is 226 g/mol. The van der Waals surface area contributed by atoms with Gasteiger partial charge in [-0.25, -0.2) is 0 Å². The van der Waals surface area contributed by atoms with E-state index in [-0.39, 0.29) is 6.04 Å². The average Bonchev–Trinajstić information content (AvgIpc) is 2.90. The highest BCUT2D eigenvalue weighted by molar-refractivity contribution is 5.20. The summed E-state index contributed by atoms with van der Waals surface area (Å²) in [5.74, 6) is 0.648. The highest BCUT2D eigenvalue weighted by Gasteiger charge is 2.16. The molecule has 86 valence electrons. The molecular formula is C14H14N2O. The van der Waals surface area contributed by atoms with Gasteiger partial charge in [-0.2, -0.15) is 5.26 Å². The van der Waals surface area contributed by atoms with Crippen LogP contribution in [-0.4, -0.2) is 0 Å². The van der Waals surface area contributed by atoms with Gasteiger partial charge in [0.25, 0.3) is 0 Å². The molecule has 1 aromatic heterocycles. The van der Waals surface area contributed by atoms with Crippen molar-refractivity contribution < 1.29 is 4.42 Å². The van der Waals surface area contributed by atoms with Gasteiger partial charge in [-0.3, -0.25) is 5.32 Å². The first-order valence-electron chi connectivity index (χ1n) is 5.55. The number of nitrogens with one attached hydrogen (secondary N) is 1. The fourth-order valence-corrected chi connectivity index (χ4v) is 1.73. The Balaban J connectivity index is 2.08. The largest absolute Gasteiger partial charge is 0.467 e. The summed E-state index contributed by atoms with van der Waals surface area (Å²) >= 11 is 0. The molecule has 0 aliphatic heterocycles.